The van der Waals surface area contributed by atoms with E-state index in [0.29, 0.717) is 17.5 Å². The topological polar surface area (TPSA) is 70.2 Å². The first kappa shape index (κ1) is 16.4. The fraction of sp³-hybridized carbons (Fsp3) is 0.400. The second-order valence-electron chi connectivity index (χ2n) is 4.92. The Hall–Kier alpha value is -2.02. The predicted molar refractivity (Wildman–Crippen MR) is 84.6 cm³/mol. The highest BCUT2D eigenvalue weighted by atomic mass is 32.2. The van der Waals surface area contributed by atoms with Gasteiger partial charge in [0.05, 0.1) is 23.7 Å². The number of allylic oxidation sites excluding steroid dienone is 1. The molecule has 0 saturated carbocycles. The van der Waals surface area contributed by atoms with Crippen LogP contribution in [-0.4, -0.2) is 32.6 Å². The summed E-state index contributed by atoms with van der Waals surface area (Å²) in [4.78, 5) is 11.6. The molecule has 2 aromatic heterocycles. The van der Waals surface area contributed by atoms with E-state index in [1.54, 1.807) is 12.3 Å². The zero-order chi connectivity index (χ0) is 16.1. The number of thioether (sulfide) groups is 1. The van der Waals surface area contributed by atoms with Crippen LogP contribution in [0.4, 0.5) is 0 Å². The molecule has 7 heteroatoms. The van der Waals surface area contributed by atoms with E-state index in [1.165, 1.54) is 11.8 Å². The molecule has 0 bridgehead atoms. The summed E-state index contributed by atoms with van der Waals surface area (Å²) in [5, 5.41) is 9.02. The lowest BCUT2D eigenvalue weighted by Gasteiger charge is -2.08. The number of furan rings is 1. The molecule has 0 fully saturated rings. The van der Waals surface area contributed by atoms with Crippen LogP contribution in [0.3, 0.4) is 0 Å². The Kier molecular flexibility index (Phi) is 5.43. The molecule has 0 aliphatic rings. The Labute approximate surface area is 133 Å². The third kappa shape index (κ3) is 3.79. The zero-order valence-corrected chi connectivity index (χ0v) is 13.7. The molecule has 22 heavy (non-hydrogen) atoms. The number of carbonyl (C=O) groups is 1. The molecule has 0 atom stereocenters. The van der Waals surface area contributed by atoms with Crippen molar-refractivity contribution in [3.05, 3.63) is 30.7 Å². The minimum Gasteiger partial charge on any atom is -0.469 e. The summed E-state index contributed by atoms with van der Waals surface area (Å²) in [6.07, 6.45) is 3.26. The van der Waals surface area contributed by atoms with Crippen molar-refractivity contribution in [3.63, 3.8) is 0 Å². The van der Waals surface area contributed by atoms with Crippen LogP contribution >= 0.6 is 11.8 Å². The second kappa shape index (κ2) is 7.31. The number of aryl methyl sites for hydroxylation is 1. The van der Waals surface area contributed by atoms with Crippen molar-refractivity contribution >= 4 is 17.7 Å². The van der Waals surface area contributed by atoms with Crippen molar-refractivity contribution in [2.45, 2.75) is 38.6 Å². The molecule has 0 saturated heterocycles. The van der Waals surface area contributed by atoms with Gasteiger partial charge in [0.25, 0.3) is 0 Å². The van der Waals surface area contributed by atoms with Crippen LogP contribution in [0.1, 0.15) is 19.6 Å². The molecule has 118 valence electrons. The first-order valence-electron chi connectivity index (χ1n) is 6.93. The van der Waals surface area contributed by atoms with E-state index in [-0.39, 0.29) is 17.8 Å². The van der Waals surface area contributed by atoms with E-state index in [1.807, 2.05) is 31.4 Å². The number of nitrogens with zero attached hydrogens (tertiary/aromatic N) is 3. The monoisotopic (exact) mass is 321 g/mol. The zero-order valence-electron chi connectivity index (χ0n) is 12.9. The molecule has 2 heterocycles. The van der Waals surface area contributed by atoms with Gasteiger partial charge in [-0.05, 0) is 26.8 Å². The van der Waals surface area contributed by atoms with Crippen molar-refractivity contribution in [1.29, 1.82) is 0 Å². The molecular formula is C15H19N3O3S. The average molecular weight is 321 g/mol. The highest BCUT2D eigenvalue weighted by molar-refractivity contribution is 7.99. The normalized spacial score (nSPS) is 10.9. The number of hydrogen-bond donors (Lipinski definition) is 0. The van der Waals surface area contributed by atoms with E-state index >= 15 is 0 Å². The van der Waals surface area contributed by atoms with Gasteiger partial charge in [-0.1, -0.05) is 17.8 Å². The van der Waals surface area contributed by atoms with Gasteiger partial charge < -0.3 is 9.15 Å². The van der Waals surface area contributed by atoms with Gasteiger partial charge in [-0.3, -0.25) is 9.36 Å². The molecule has 2 rings (SSSR count). The first-order chi connectivity index (χ1) is 10.5. The van der Waals surface area contributed by atoms with Gasteiger partial charge in [0.1, 0.15) is 5.76 Å². The molecule has 0 aliphatic carbocycles. The summed E-state index contributed by atoms with van der Waals surface area (Å²) in [5.41, 5.74) is 0.881. The number of esters is 1. The van der Waals surface area contributed by atoms with Crippen LogP contribution in [0.5, 0.6) is 0 Å². The van der Waals surface area contributed by atoms with Crippen molar-refractivity contribution in [2.24, 2.45) is 0 Å². The SMILES string of the molecule is C=CCn1c(SCC(=O)OC(C)C)nnc1-c1ccoc1C. The minimum absolute atomic E-state index is 0.122. The van der Waals surface area contributed by atoms with E-state index in [2.05, 4.69) is 16.8 Å². The van der Waals surface area contributed by atoms with Crippen molar-refractivity contribution in [3.8, 4) is 11.4 Å². The molecule has 6 nitrogen and oxygen atoms in total. The lowest BCUT2D eigenvalue weighted by atomic mass is 10.2. The van der Waals surface area contributed by atoms with Crippen LogP contribution in [0.25, 0.3) is 11.4 Å². The molecule has 0 amide bonds. The Morgan fingerprint density at radius 2 is 2.32 bits per heavy atom. The van der Waals surface area contributed by atoms with Gasteiger partial charge in [0, 0.05) is 6.54 Å². The highest BCUT2D eigenvalue weighted by Gasteiger charge is 2.18. The second-order valence-corrected chi connectivity index (χ2v) is 5.87. The van der Waals surface area contributed by atoms with E-state index < -0.39 is 0 Å². The van der Waals surface area contributed by atoms with Gasteiger partial charge >= 0.3 is 5.97 Å². The van der Waals surface area contributed by atoms with Gasteiger partial charge in [-0.15, -0.1) is 16.8 Å². The van der Waals surface area contributed by atoms with Gasteiger partial charge in [0.2, 0.25) is 0 Å². The molecule has 2 aromatic rings. The molecule has 0 aromatic carbocycles. The summed E-state index contributed by atoms with van der Waals surface area (Å²) in [6, 6.07) is 1.85. The number of rotatable bonds is 7. The summed E-state index contributed by atoms with van der Waals surface area (Å²) < 4.78 is 12.3. The Bertz CT molecular complexity index is 661. The first-order valence-corrected chi connectivity index (χ1v) is 7.92. The summed E-state index contributed by atoms with van der Waals surface area (Å²) >= 11 is 1.30. The van der Waals surface area contributed by atoms with Gasteiger partial charge in [0.15, 0.2) is 11.0 Å². The van der Waals surface area contributed by atoms with Gasteiger partial charge in [-0.25, -0.2) is 0 Å². The fourth-order valence-electron chi connectivity index (χ4n) is 1.93. The quantitative estimate of drug-likeness (QED) is 0.443. The van der Waals surface area contributed by atoms with Crippen LogP contribution in [0, 0.1) is 6.92 Å². The Morgan fingerprint density at radius 3 is 2.91 bits per heavy atom. The van der Waals surface area contributed by atoms with Crippen LogP contribution < -0.4 is 0 Å². The van der Waals surface area contributed by atoms with Crippen molar-refractivity contribution in [1.82, 2.24) is 14.8 Å². The maximum absolute atomic E-state index is 11.6. The van der Waals surface area contributed by atoms with E-state index in [9.17, 15) is 4.79 Å². The minimum atomic E-state index is -0.269. The number of hydrogen-bond acceptors (Lipinski definition) is 6. The summed E-state index contributed by atoms with van der Waals surface area (Å²) in [7, 11) is 0. The Morgan fingerprint density at radius 1 is 1.55 bits per heavy atom. The van der Waals surface area contributed by atoms with E-state index in [4.69, 9.17) is 9.15 Å². The molecular weight excluding hydrogens is 302 g/mol. The molecule has 0 N–H and O–H groups in total. The third-order valence-corrected chi connectivity index (χ3v) is 3.75. The van der Waals surface area contributed by atoms with Crippen molar-refractivity contribution < 1.29 is 13.9 Å². The molecule has 0 unspecified atom stereocenters. The molecule has 0 radical (unpaired) electrons. The number of aromatic nitrogens is 3. The van der Waals surface area contributed by atoms with Gasteiger partial charge in [-0.2, -0.15) is 0 Å². The molecule has 0 aliphatic heterocycles. The maximum Gasteiger partial charge on any atom is 0.316 e. The standard InChI is InChI=1S/C15H19N3O3S/c1-5-7-18-14(12-6-8-20-11(12)4)16-17-15(18)22-9-13(19)21-10(2)3/h5-6,8,10H,1,7,9H2,2-4H3. The maximum atomic E-state index is 11.6. The third-order valence-electron chi connectivity index (χ3n) is 2.81. The predicted octanol–water partition coefficient (Wildman–Crippen LogP) is 3.08. The lowest BCUT2D eigenvalue weighted by Crippen LogP contribution is -2.13. The van der Waals surface area contributed by atoms with Crippen molar-refractivity contribution in [2.75, 3.05) is 5.75 Å². The number of ether oxygens (including phenoxy) is 1. The van der Waals surface area contributed by atoms with Crippen LogP contribution in [-0.2, 0) is 16.1 Å². The summed E-state index contributed by atoms with van der Waals surface area (Å²) in [5.74, 6) is 1.39. The smallest absolute Gasteiger partial charge is 0.316 e. The highest BCUT2D eigenvalue weighted by Crippen LogP contribution is 2.27. The summed E-state index contributed by atoms with van der Waals surface area (Å²) in [6.45, 7) is 9.82. The Balaban J connectivity index is 2.18. The number of carbonyl (C=O) groups excluding carboxylic acids is 1. The van der Waals surface area contributed by atoms with E-state index in [0.717, 1.165) is 11.3 Å². The molecule has 0 spiro atoms. The van der Waals surface area contributed by atoms with Crippen LogP contribution in [0.15, 0.2) is 34.6 Å². The lowest BCUT2D eigenvalue weighted by molar-refractivity contribution is -0.144. The van der Waals surface area contributed by atoms with Crippen LogP contribution in [0.2, 0.25) is 0 Å². The fourth-order valence-corrected chi connectivity index (χ4v) is 2.66. The average Bonchev–Trinajstić information content (AvgIpc) is 3.02. The largest absolute Gasteiger partial charge is 0.469 e.